The van der Waals surface area contributed by atoms with E-state index in [-0.39, 0.29) is 18.1 Å². The van der Waals surface area contributed by atoms with Crippen LogP contribution < -0.4 is 5.32 Å². The number of rotatable bonds is 5. The minimum Gasteiger partial charge on any atom is -0.468 e. The lowest BCUT2D eigenvalue weighted by Crippen LogP contribution is -2.46. The van der Waals surface area contributed by atoms with Gasteiger partial charge in [0.1, 0.15) is 6.04 Å². The molecule has 1 aliphatic heterocycles. The summed E-state index contributed by atoms with van der Waals surface area (Å²) < 4.78 is 10.2. The van der Waals surface area contributed by atoms with E-state index in [1.807, 2.05) is 0 Å². The largest absolute Gasteiger partial charge is 0.468 e. The molecule has 82 valence electrons. The Kier molecular flexibility index (Phi) is 4.90. The van der Waals surface area contributed by atoms with Crippen molar-refractivity contribution in [3.8, 4) is 0 Å². The van der Waals surface area contributed by atoms with Crippen LogP contribution in [0.1, 0.15) is 26.2 Å². The number of ether oxygens (including phenoxy) is 2. The van der Waals surface area contributed by atoms with Gasteiger partial charge in [-0.3, -0.25) is 4.79 Å². The molecule has 0 aromatic carbocycles. The van der Waals surface area contributed by atoms with Crippen molar-refractivity contribution in [2.75, 3.05) is 20.3 Å². The molecule has 1 N–H and O–H groups in total. The number of carbonyl (C=O) groups is 1. The summed E-state index contributed by atoms with van der Waals surface area (Å²) in [5, 5.41) is 3.16. The smallest absolute Gasteiger partial charge is 0.325 e. The van der Waals surface area contributed by atoms with Crippen LogP contribution in [-0.4, -0.2) is 38.4 Å². The second kappa shape index (κ2) is 5.98. The van der Waals surface area contributed by atoms with Gasteiger partial charge in [0.2, 0.25) is 0 Å². The zero-order chi connectivity index (χ0) is 10.4. The van der Waals surface area contributed by atoms with E-state index in [9.17, 15) is 4.79 Å². The number of hydrogen-bond acceptors (Lipinski definition) is 4. The highest BCUT2D eigenvalue weighted by atomic mass is 16.5. The normalized spacial score (nSPS) is 23.4. The molecule has 4 nitrogen and oxygen atoms in total. The Morgan fingerprint density at radius 3 is 3.00 bits per heavy atom. The van der Waals surface area contributed by atoms with E-state index in [0.717, 1.165) is 32.4 Å². The molecular formula is C10H19NO3. The van der Waals surface area contributed by atoms with Gasteiger partial charge in [-0.25, -0.2) is 0 Å². The fourth-order valence-corrected chi connectivity index (χ4v) is 1.66. The summed E-state index contributed by atoms with van der Waals surface area (Å²) in [6.45, 7) is 3.64. The Balaban J connectivity index is 2.46. The minimum absolute atomic E-state index is 0.00556. The molecule has 14 heavy (non-hydrogen) atoms. The summed E-state index contributed by atoms with van der Waals surface area (Å²) in [6.07, 6.45) is 2.97. The standard InChI is InChI=1S/C10H19NO3/c1-3-6-11-9(10(12)13-2)8-5-4-7-14-8/h8-9,11H,3-7H2,1-2H3. The molecule has 1 rings (SSSR count). The topological polar surface area (TPSA) is 47.6 Å². The van der Waals surface area contributed by atoms with Gasteiger partial charge in [-0.2, -0.15) is 0 Å². The Hall–Kier alpha value is -0.610. The second-order valence-electron chi connectivity index (χ2n) is 3.51. The zero-order valence-electron chi connectivity index (χ0n) is 8.91. The average molecular weight is 201 g/mol. The first-order valence-electron chi connectivity index (χ1n) is 5.22. The first kappa shape index (κ1) is 11.5. The van der Waals surface area contributed by atoms with Gasteiger partial charge < -0.3 is 14.8 Å². The Labute approximate surface area is 85.0 Å². The number of methoxy groups -OCH3 is 1. The highest BCUT2D eigenvalue weighted by Crippen LogP contribution is 2.16. The maximum absolute atomic E-state index is 11.4. The molecule has 0 saturated carbocycles. The van der Waals surface area contributed by atoms with Crippen LogP contribution in [0.2, 0.25) is 0 Å². The molecule has 2 unspecified atom stereocenters. The molecule has 4 heteroatoms. The highest BCUT2D eigenvalue weighted by Gasteiger charge is 2.31. The molecule has 1 heterocycles. The highest BCUT2D eigenvalue weighted by molar-refractivity contribution is 5.76. The molecular weight excluding hydrogens is 182 g/mol. The number of esters is 1. The third-order valence-electron chi connectivity index (χ3n) is 2.41. The quantitative estimate of drug-likeness (QED) is 0.665. The fraction of sp³-hybridized carbons (Fsp3) is 0.900. The van der Waals surface area contributed by atoms with Crippen molar-refractivity contribution >= 4 is 5.97 Å². The minimum atomic E-state index is -0.289. The van der Waals surface area contributed by atoms with Crippen LogP contribution >= 0.6 is 0 Å². The molecule has 1 aliphatic rings. The third kappa shape index (κ3) is 2.96. The van der Waals surface area contributed by atoms with Crippen molar-refractivity contribution in [1.82, 2.24) is 5.32 Å². The molecule has 1 saturated heterocycles. The van der Waals surface area contributed by atoms with Crippen LogP contribution in [0.15, 0.2) is 0 Å². The predicted octanol–water partition coefficient (Wildman–Crippen LogP) is 0.707. The van der Waals surface area contributed by atoms with Crippen LogP contribution in [0, 0.1) is 0 Å². The first-order chi connectivity index (χ1) is 6.79. The SMILES string of the molecule is CCCNC(C(=O)OC)C1CCCO1. The summed E-state index contributed by atoms with van der Waals surface area (Å²) in [5.41, 5.74) is 0. The summed E-state index contributed by atoms with van der Waals surface area (Å²) in [4.78, 5) is 11.4. The van der Waals surface area contributed by atoms with E-state index in [2.05, 4.69) is 12.2 Å². The van der Waals surface area contributed by atoms with Gasteiger partial charge in [0.25, 0.3) is 0 Å². The summed E-state index contributed by atoms with van der Waals surface area (Å²) in [5.74, 6) is -0.217. The predicted molar refractivity (Wildman–Crippen MR) is 53.1 cm³/mol. The van der Waals surface area contributed by atoms with Crippen LogP contribution in [0.5, 0.6) is 0 Å². The Morgan fingerprint density at radius 1 is 1.71 bits per heavy atom. The van der Waals surface area contributed by atoms with Crippen LogP contribution in [0.3, 0.4) is 0 Å². The third-order valence-corrected chi connectivity index (χ3v) is 2.41. The van der Waals surface area contributed by atoms with Crippen molar-refractivity contribution in [3.63, 3.8) is 0 Å². The average Bonchev–Trinajstić information content (AvgIpc) is 2.71. The van der Waals surface area contributed by atoms with Crippen LogP contribution in [-0.2, 0) is 14.3 Å². The van der Waals surface area contributed by atoms with E-state index in [0.29, 0.717) is 0 Å². The fourth-order valence-electron chi connectivity index (χ4n) is 1.66. The van der Waals surface area contributed by atoms with Crippen LogP contribution in [0.4, 0.5) is 0 Å². The van der Waals surface area contributed by atoms with Crippen molar-refractivity contribution in [2.24, 2.45) is 0 Å². The summed E-state index contributed by atoms with van der Waals surface area (Å²) in [6, 6.07) is -0.289. The lowest BCUT2D eigenvalue weighted by atomic mass is 10.1. The molecule has 0 bridgehead atoms. The zero-order valence-corrected chi connectivity index (χ0v) is 8.91. The van der Waals surface area contributed by atoms with E-state index in [4.69, 9.17) is 9.47 Å². The lowest BCUT2D eigenvalue weighted by Gasteiger charge is -2.21. The number of carbonyl (C=O) groups excluding carboxylic acids is 1. The van der Waals surface area contributed by atoms with Gasteiger partial charge in [-0.05, 0) is 25.8 Å². The second-order valence-corrected chi connectivity index (χ2v) is 3.51. The maximum atomic E-state index is 11.4. The Bertz CT molecular complexity index is 178. The molecule has 2 atom stereocenters. The molecule has 0 aliphatic carbocycles. The van der Waals surface area contributed by atoms with Gasteiger partial charge in [-0.15, -0.1) is 0 Å². The molecule has 0 aromatic heterocycles. The van der Waals surface area contributed by atoms with Gasteiger partial charge in [0.15, 0.2) is 0 Å². The number of hydrogen-bond donors (Lipinski definition) is 1. The molecule has 1 fully saturated rings. The van der Waals surface area contributed by atoms with E-state index in [1.54, 1.807) is 0 Å². The molecule has 0 aromatic rings. The number of nitrogens with one attached hydrogen (secondary N) is 1. The van der Waals surface area contributed by atoms with Crippen molar-refractivity contribution in [3.05, 3.63) is 0 Å². The molecule has 0 amide bonds. The van der Waals surface area contributed by atoms with E-state index >= 15 is 0 Å². The van der Waals surface area contributed by atoms with E-state index in [1.165, 1.54) is 7.11 Å². The molecule has 0 radical (unpaired) electrons. The van der Waals surface area contributed by atoms with Crippen molar-refractivity contribution < 1.29 is 14.3 Å². The van der Waals surface area contributed by atoms with Gasteiger partial charge in [0, 0.05) is 6.61 Å². The van der Waals surface area contributed by atoms with Crippen LogP contribution in [0.25, 0.3) is 0 Å². The lowest BCUT2D eigenvalue weighted by molar-refractivity contribution is -0.146. The van der Waals surface area contributed by atoms with Gasteiger partial charge in [0.05, 0.1) is 13.2 Å². The maximum Gasteiger partial charge on any atom is 0.325 e. The molecule has 0 spiro atoms. The van der Waals surface area contributed by atoms with Gasteiger partial charge in [-0.1, -0.05) is 6.92 Å². The summed E-state index contributed by atoms with van der Waals surface area (Å²) in [7, 11) is 1.41. The monoisotopic (exact) mass is 201 g/mol. The van der Waals surface area contributed by atoms with Crippen molar-refractivity contribution in [2.45, 2.75) is 38.3 Å². The van der Waals surface area contributed by atoms with E-state index < -0.39 is 0 Å². The first-order valence-corrected chi connectivity index (χ1v) is 5.22. The Morgan fingerprint density at radius 2 is 2.50 bits per heavy atom. The van der Waals surface area contributed by atoms with Crippen molar-refractivity contribution in [1.29, 1.82) is 0 Å². The van der Waals surface area contributed by atoms with Gasteiger partial charge >= 0.3 is 5.97 Å². The summed E-state index contributed by atoms with van der Waals surface area (Å²) >= 11 is 0.